The molecule has 4 aromatic heterocycles. The summed E-state index contributed by atoms with van der Waals surface area (Å²) in [4.78, 5) is 19.0. The molecule has 9 heteroatoms. The van der Waals surface area contributed by atoms with Crippen molar-refractivity contribution < 1.29 is 46.6 Å². The molecule has 0 atom stereocenters. The smallest absolute Gasteiger partial charge is 0.252 e. The average molecular weight is 1520 g/mol. The number of hydrogen-bond acceptors (Lipinski definition) is 5. The van der Waals surface area contributed by atoms with E-state index in [0.29, 0.717) is 44.5 Å². The first kappa shape index (κ1) is 41.9. The first-order chi connectivity index (χ1) is 70.9. The number of benzene rings is 16. The van der Waals surface area contributed by atoms with Crippen LogP contribution in [0.5, 0.6) is 0 Å². The van der Waals surface area contributed by atoms with Crippen LogP contribution in [0.2, 0.25) is 0 Å². The number of hydrogen-bond donors (Lipinski definition) is 0. The van der Waals surface area contributed by atoms with Gasteiger partial charge in [-0.25, -0.2) is 15.0 Å². The summed E-state index contributed by atoms with van der Waals surface area (Å²) in [6.07, 6.45) is 0. The molecule has 550 valence electrons. The quantitative estimate of drug-likeness (QED) is 0.121. The third kappa shape index (κ3) is 10.9. The van der Waals surface area contributed by atoms with Crippen LogP contribution < -0.4 is 26.2 Å². The maximum absolute atomic E-state index is 10.4. The molecule has 0 saturated carbocycles. The lowest BCUT2D eigenvalue weighted by molar-refractivity contribution is 0.590. The summed E-state index contributed by atoms with van der Waals surface area (Å²) >= 11 is 0. The number of aromatic nitrogens is 6. The minimum Gasteiger partial charge on any atom is -0.310 e. The Balaban J connectivity index is 1.04. The summed E-state index contributed by atoms with van der Waals surface area (Å²) in [7, 11) is 0. The summed E-state index contributed by atoms with van der Waals surface area (Å²) in [6, 6.07) is 21.9. The van der Waals surface area contributed by atoms with Crippen LogP contribution in [0.25, 0.3) is 150 Å². The Morgan fingerprint density at radius 2 is 0.552 bits per heavy atom. The van der Waals surface area contributed by atoms with Gasteiger partial charge in [-0.1, -0.05) is 314 Å². The Bertz CT molecular complexity index is 9120. The van der Waals surface area contributed by atoms with Crippen LogP contribution >= 0.6 is 0 Å². The molecule has 116 heavy (non-hydrogen) atoms. The topological polar surface area (TPSA) is 59.9 Å². The van der Waals surface area contributed by atoms with Gasteiger partial charge in [-0.3, -0.25) is 0 Å². The number of anilines is 6. The Kier molecular flexibility index (Phi) is 9.62. The van der Waals surface area contributed by atoms with Crippen molar-refractivity contribution in [2.24, 2.45) is 0 Å². The summed E-state index contributed by atoms with van der Waals surface area (Å²) in [6.45, 7) is 10.4. The lowest BCUT2D eigenvalue weighted by atomic mass is 9.33. The highest BCUT2D eigenvalue weighted by Gasteiger charge is 2.47. The van der Waals surface area contributed by atoms with Gasteiger partial charge in [-0.15, -0.1) is 0 Å². The van der Waals surface area contributed by atoms with E-state index in [1.165, 1.54) is 13.7 Å². The van der Waals surface area contributed by atoms with E-state index in [1.54, 1.807) is 89.8 Å². The fourth-order valence-electron chi connectivity index (χ4n) is 16.6. The second-order valence-electron chi connectivity index (χ2n) is 30.6. The maximum Gasteiger partial charge on any atom is 0.252 e. The van der Waals surface area contributed by atoms with Gasteiger partial charge in [0, 0.05) is 99.8 Å². The Morgan fingerprint density at radius 3 is 0.888 bits per heavy atom. The highest BCUT2D eigenvalue weighted by Crippen LogP contribution is 2.56. The highest BCUT2D eigenvalue weighted by molar-refractivity contribution is 7.00. The Morgan fingerprint density at radius 1 is 0.267 bits per heavy atom. The highest BCUT2D eigenvalue weighted by atomic mass is 15.2. The molecule has 2 aliphatic heterocycles. The van der Waals surface area contributed by atoms with Crippen LogP contribution in [-0.4, -0.2) is 35.4 Å². The van der Waals surface area contributed by atoms with Gasteiger partial charge in [0.1, 0.15) is 0 Å². The molecule has 0 unspecified atom stereocenters. The normalized spacial score (nSPS) is 16.8. The number of nitrogens with zero attached hydrogens (tertiary/aromatic N) is 8. The van der Waals surface area contributed by atoms with Crippen molar-refractivity contribution in [1.82, 2.24) is 28.7 Å². The van der Waals surface area contributed by atoms with E-state index in [1.807, 2.05) is 125 Å². The van der Waals surface area contributed by atoms with Gasteiger partial charge in [0.25, 0.3) is 6.71 Å². The van der Waals surface area contributed by atoms with Crippen molar-refractivity contribution in [3.8, 4) is 84.6 Å². The van der Waals surface area contributed by atoms with Gasteiger partial charge in [-0.2, -0.15) is 0 Å². The van der Waals surface area contributed by atoms with E-state index in [9.17, 15) is 43.9 Å². The third-order valence-corrected chi connectivity index (χ3v) is 21.9. The van der Waals surface area contributed by atoms with Gasteiger partial charge in [0.05, 0.1) is 96.8 Å². The van der Waals surface area contributed by atoms with Crippen molar-refractivity contribution in [3.05, 3.63) is 380 Å². The SMILES string of the molecule is [2H]c1c([2H])c([2H])c(-c2nc(-c3cc(C(C)(C)C)cc(-c4ccccc4)c3N3c4cc(-n5c6c([2H])c([2H])c([2H])c([2H])c6c6c([2H])c([2H])c([2H])c([2H])c65)ccc4B4c5ccc(-n6c7c([2H])c([2H])c([2H])c([2H])c7c7c([2H])c([2H])c([2H])c([2H])c76)cc5N(c5c(-c6ccccc6)cc(C(C)(C)C)cc5-c5ccccc5)c5cc(-n6c7c([2H])c([2H])c([2H])c([2H])c7c7c([2H])c([2H])c([2H])c([2H])c76)cc3c54)nc(-c3c([2H])c([2H])c([2H])c([2H])c3[2H])n2)c([2H])c1[2H]. The molecule has 8 nitrogen and oxygen atoms in total. The molecule has 0 spiro atoms. The predicted octanol–water partition coefficient (Wildman–Crippen LogP) is 25.8. The van der Waals surface area contributed by atoms with Crippen LogP contribution in [-0.2, 0) is 10.8 Å². The lowest BCUT2D eigenvalue weighted by Gasteiger charge is -2.46. The standard InChI is InChI=1S/C107H79BN8/c1-106(2,3)73-60-84(68-34-12-7-13-35-68)101(85(61-73)69-36-14-8-15-37-69)115-96-64-75(112-90-50-28-22-44-78(90)79-45-23-29-51-91(79)112)56-58-88(96)108-89-59-57-76(113-92-52-30-24-46-80(92)81-47-25-31-53-93(81)113)65-97(89)116(99-67-77(66-98(115)100(99)108)114-94-54-32-26-48-82(94)83-49-27-33-55-95(83)114)102-86(70-38-16-9-17-39-70)62-74(107(4,5)6)63-87(102)105-110-103(71-40-18-10-19-41-71)109-104(111-105)72-42-20-11-21-43-72/h7-67H,1-6H3/i10D,11D,18D,19D,20D,21D,22D,23D,24D,25D,26D,27D,28D,29D,30D,31D,32D,33D,40D,41D,42D,43D,44D,45D,46D,47D,48D,49D,50D,51D,52D,53D,54D,55D. The first-order valence-electron chi connectivity index (χ1n) is 54.5. The predicted molar refractivity (Wildman–Crippen MR) is 487 cm³/mol. The zero-order chi connectivity index (χ0) is 107. The molecule has 0 radical (unpaired) electrons. The number of rotatable bonds is 11. The fourth-order valence-corrected chi connectivity index (χ4v) is 16.6. The van der Waals surface area contributed by atoms with Crippen molar-refractivity contribution in [2.75, 3.05) is 9.80 Å². The van der Waals surface area contributed by atoms with Gasteiger partial charge in [-0.05, 0) is 152 Å². The summed E-state index contributed by atoms with van der Waals surface area (Å²) < 4.78 is 332. The molecular weight excluding hydrogens is 1410 g/mol. The van der Waals surface area contributed by atoms with E-state index in [-0.39, 0.29) is 122 Å². The molecule has 0 aliphatic carbocycles. The number of fused-ring (bicyclic) bond motifs is 13. The minimum atomic E-state index is -1.37. The van der Waals surface area contributed by atoms with E-state index >= 15 is 0 Å². The molecule has 0 bridgehead atoms. The minimum absolute atomic E-state index is 0.00440. The molecule has 0 N–H and O–H groups in total. The van der Waals surface area contributed by atoms with Crippen LogP contribution in [0.1, 0.15) is 99.3 Å². The summed E-state index contributed by atoms with van der Waals surface area (Å²) in [5.41, 5.74) is -0.188. The molecular formula is C107H79BN8. The van der Waals surface area contributed by atoms with Gasteiger partial charge in [0.2, 0.25) is 0 Å². The van der Waals surface area contributed by atoms with Crippen molar-refractivity contribution in [1.29, 1.82) is 0 Å². The third-order valence-electron chi connectivity index (χ3n) is 21.9. The summed E-state index contributed by atoms with van der Waals surface area (Å²) in [5.74, 6) is -1.93. The fraction of sp³-hybridized carbons (Fsp3) is 0.0748. The van der Waals surface area contributed by atoms with Gasteiger partial charge < -0.3 is 23.5 Å². The first-order valence-corrected chi connectivity index (χ1v) is 37.5. The Hall–Kier alpha value is -14.4. The maximum atomic E-state index is 10.4. The largest absolute Gasteiger partial charge is 0.310 e. The van der Waals surface area contributed by atoms with E-state index < -0.39 is 263 Å². The average Bonchev–Trinajstić information content (AvgIpc) is 1.08. The number of para-hydroxylation sites is 6. The molecule has 6 heterocycles. The van der Waals surface area contributed by atoms with Gasteiger partial charge in [0.15, 0.2) is 17.5 Å². The monoisotopic (exact) mass is 1520 g/mol. The van der Waals surface area contributed by atoms with Crippen LogP contribution in [0, 0.1) is 0 Å². The van der Waals surface area contributed by atoms with E-state index in [4.69, 9.17) is 17.7 Å². The van der Waals surface area contributed by atoms with Gasteiger partial charge >= 0.3 is 0 Å². The van der Waals surface area contributed by atoms with Crippen LogP contribution in [0.3, 0.4) is 0 Å². The molecule has 22 rings (SSSR count). The molecule has 0 fully saturated rings. The van der Waals surface area contributed by atoms with Crippen molar-refractivity contribution in [3.63, 3.8) is 0 Å². The molecule has 0 amide bonds. The second-order valence-corrected chi connectivity index (χ2v) is 30.6. The van der Waals surface area contributed by atoms with Crippen molar-refractivity contribution in [2.45, 2.75) is 52.4 Å². The molecule has 16 aromatic carbocycles. The molecule has 20 aromatic rings. The molecule has 0 saturated heterocycles. The molecule has 2 aliphatic rings. The summed E-state index contributed by atoms with van der Waals surface area (Å²) in [5, 5.41) is -1.99. The zero-order valence-electron chi connectivity index (χ0n) is 96.7. The van der Waals surface area contributed by atoms with E-state index in [0.717, 1.165) is 5.56 Å². The van der Waals surface area contributed by atoms with Crippen molar-refractivity contribution >= 4 is 123 Å². The van der Waals surface area contributed by atoms with Crippen LogP contribution in [0.15, 0.2) is 369 Å². The van der Waals surface area contributed by atoms with Crippen LogP contribution in [0.4, 0.5) is 34.1 Å². The van der Waals surface area contributed by atoms with E-state index in [2.05, 4.69) is 0 Å². The second kappa shape index (κ2) is 26.6. The zero-order valence-corrected chi connectivity index (χ0v) is 62.7. The lowest BCUT2D eigenvalue weighted by Crippen LogP contribution is -2.61. The Labute approximate surface area is 722 Å².